The highest BCUT2D eigenvalue weighted by molar-refractivity contribution is 6.34. The van der Waals surface area contributed by atoms with E-state index in [0.717, 1.165) is 0 Å². The molecule has 0 spiro atoms. The van der Waals surface area contributed by atoms with Crippen molar-refractivity contribution in [2.45, 2.75) is 19.3 Å². The largest absolute Gasteiger partial charge is 0.245 e. The Morgan fingerprint density at radius 2 is 1.54 bits per heavy atom. The highest BCUT2D eigenvalue weighted by Crippen LogP contribution is 2.28. The average molecular weight is 225 g/mol. The van der Waals surface area contributed by atoms with Crippen LogP contribution in [-0.2, 0) is 0 Å². The highest BCUT2D eigenvalue weighted by atomic mass is 35.5. The third-order valence-corrected chi connectivity index (χ3v) is 2.23. The van der Waals surface area contributed by atoms with Gasteiger partial charge in [0, 0.05) is 16.0 Å². The second kappa shape index (κ2) is 4.25. The summed E-state index contributed by atoms with van der Waals surface area (Å²) >= 11 is 11.3. The Morgan fingerprint density at radius 3 is 1.92 bits per heavy atom. The molecule has 0 heterocycles. The standard InChI is InChI=1S/C9H8Cl2F2/c1-5(9(12)13)6-2-7(10)4-8(11)3-6/h2-5,9H,1H3/t5-/m0/s1. The van der Waals surface area contributed by atoms with Gasteiger partial charge in [0.25, 0.3) is 0 Å². The molecule has 0 aromatic heterocycles. The van der Waals surface area contributed by atoms with Crippen molar-refractivity contribution in [3.05, 3.63) is 33.8 Å². The predicted octanol–water partition coefficient (Wildman–Crippen LogP) is 4.36. The third kappa shape index (κ3) is 2.82. The van der Waals surface area contributed by atoms with Gasteiger partial charge >= 0.3 is 0 Å². The molecule has 0 N–H and O–H groups in total. The van der Waals surface area contributed by atoms with Gasteiger partial charge in [-0.1, -0.05) is 30.1 Å². The minimum Gasteiger partial charge on any atom is -0.210 e. The van der Waals surface area contributed by atoms with Gasteiger partial charge in [-0.2, -0.15) is 0 Å². The summed E-state index contributed by atoms with van der Waals surface area (Å²) < 4.78 is 24.6. The van der Waals surface area contributed by atoms with Crippen LogP contribution in [0.1, 0.15) is 18.4 Å². The van der Waals surface area contributed by atoms with Gasteiger partial charge in [0.2, 0.25) is 6.43 Å². The summed E-state index contributed by atoms with van der Waals surface area (Å²) in [6, 6.07) is 4.53. The van der Waals surface area contributed by atoms with E-state index >= 15 is 0 Å². The minimum absolute atomic E-state index is 0.384. The van der Waals surface area contributed by atoms with E-state index in [1.807, 2.05) is 0 Å². The lowest BCUT2D eigenvalue weighted by Gasteiger charge is -2.10. The Morgan fingerprint density at radius 1 is 1.08 bits per heavy atom. The van der Waals surface area contributed by atoms with Gasteiger partial charge in [0.15, 0.2) is 0 Å². The van der Waals surface area contributed by atoms with Gasteiger partial charge < -0.3 is 0 Å². The van der Waals surface area contributed by atoms with E-state index < -0.39 is 12.3 Å². The van der Waals surface area contributed by atoms with Crippen LogP contribution in [0.25, 0.3) is 0 Å². The molecule has 0 nitrogen and oxygen atoms in total. The summed E-state index contributed by atoms with van der Waals surface area (Å²) in [5.41, 5.74) is 0.465. The van der Waals surface area contributed by atoms with E-state index in [1.165, 1.54) is 25.1 Å². The predicted molar refractivity (Wildman–Crippen MR) is 50.9 cm³/mol. The van der Waals surface area contributed by atoms with Crippen molar-refractivity contribution in [3.8, 4) is 0 Å². The fourth-order valence-electron chi connectivity index (χ4n) is 0.984. The zero-order chi connectivity index (χ0) is 10.0. The van der Waals surface area contributed by atoms with Crippen LogP contribution < -0.4 is 0 Å². The maximum absolute atomic E-state index is 12.3. The summed E-state index contributed by atoms with van der Waals surface area (Å²) in [7, 11) is 0. The number of rotatable bonds is 2. The first-order valence-electron chi connectivity index (χ1n) is 3.75. The second-order valence-electron chi connectivity index (χ2n) is 2.83. The Bertz CT molecular complexity index is 279. The molecule has 0 unspecified atom stereocenters. The highest BCUT2D eigenvalue weighted by Gasteiger charge is 2.17. The lowest BCUT2D eigenvalue weighted by atomic mass is 10.0. The van der Waals surface area contributed by atoms with Crippen molar-refractivity contribution < 1.29 is 8.78 Å². The van der Waals surface area contributed by atoms with Gasteiger partial charge in [-0.3, -0.25) is 0 Å². The van der Waals surface area contributed by atoms with Crippen LogP contribution in [-0.4, -0.2) is 6.43 Å². The van der Waals surface area contributed by atoms with E-state index in [2.05, 4.69) is 0 Å². The topological polar surface area (TPSA) is 0 Å². The maximum Gasteiger partial charge on any atom is 0.245 e. The lowest BCUT2D eigenvalue weighted by Crippen LogP contribution is -2.04. The molecule has 0 aliphatic heterocycles. The molecule has 13 heavy (non-hydrogen) atoms. The van der Waals surface area contributed by atoms with E-state index in [-0.39, 0.29) is 0 Å². The molecule has 0 bridgehead atoms. The Hall–Kier alpha value is -0.340. The van der Waals surface area contributed by atoms with E-state index in [1.54, 1.807) is 0 Å². The van der Waals surface area contributed by atoms with E-state index in [0.29, 0.717) is 15.6 Å². The monoisotopic (exact) mass is 224 g/mol. The molecule has 0 fully saturated rings. The number of halogens is 4. The number of hydrogen-bond donors (Lipinski definition) is 0. The summed E-state index contributed by atoms with van der Waals surface area (Å²) in [6.07, 6.45) is -2.39. The third-order valence-electron chi connectivity index (χ3n) is 1.79. The quantitative estimate of drug-likeness (QED) is 0.701. The Kier molecular flexibility index (Phi) is 3.51. The van der Waals surface area contributed by atoms with Crippen LogP contribution in [0.15, 0.2) is 18.2 Å². The molecule has 0 saturated carbocycles. The molecule has 72 valence electrons. The van der Waals surface area contributed by atoms with Crippen molar-refractivity contribution in [3.63, 3.8) is 0 Å². The van der Waals surface area contributed by atoms with Crippen molar-refractivity contribution in [2.24, 2.45) is 0 Å². The first kappa shape index (κ1) is 10.7. The SMILES string of the molecule is C[C@@H](c1cc(Cl)cc(Cl)c1)C(F)F. The van der Waals surface area contributed by atoms with Crippen LogP contribution in [0.4, 0.5) is 8.78 Å². The zero-order valence-electron chi connectivity index (χ0n) is 6.90. The van der Waals surface area contributed by atoms with Gasteiger partial charge in [-0.05, 0) is 23.8 Å². The molecular formula is C9H8Cl2F2. The number of hydrogen-bond acceptors (Lipinski definition) is 0. The summed E-state index contributed by atoms with van der Waals surface area (Å²) in [4.78, 5) is 0. The van der Waals surface area contributed by atoms with E-state index in [4.69, 9.17) is 23.2 Å². The fraction of sp³-hybridized carbons (Fsp3) is 0.333. The van der Waals surface area contributed by atoms with Crippen LogP contribution in [0.2, 0.25) is 10.0 Å². The molecule has 0 radical (unpaired) electrons. The normalized spacial score (nSPS) is 13.4. The van der Waals surface area contributed by atoms with Crippen molar-refractivity contribution >= 4 is 23.2 Å². The zero-order valence-corrected chi connectivity index (χ0v) is 8.41. The molecule has 0 aliphatic rings. The van der Waals surface area contributed by atoms with Gasteiger partial charge in [0.1, 0.15) is 0 Å². The molecule has 1 rings (SSSR count). The fourth-order valence-corrected chi connectivity index (χ4v) is 1.53. The van der Waals surface area contributed by atoms with Crippen molar-refractivity contribution in [2.75, 3.05) is 0 Å². The van der Waals surface area contributed by atoms with Crippen molar-refractivity contribution in [1.82, 2.24) is 0 Å². The van der Waals surface area contributed by atoms with Crippen LogP contribution in [0.3, 0.4) is 0 Å². The lowest BCUT2D eigenvalue weighted by molar-refractivity contribution is 0.121. The second-order valence-corrected chi connectivity index (χ2v) is 3.70. The van der Waals surface area contributed by atoms with Crippen molar-refractivity contribution in [1.29, 1.82) is 0 Å². The summed E-state index contributed by atoms with van der Waals surface area (Å²) in [5.74, 6) is -0.837. The number of alkyl halides is 2. The van der Waals surface area contributed by atoms with Crippen LogP contribution in [0.5, 0.6) is 0 Å². The van der Waals surface area contributed by atoms with Gasteiger partial charge in [0.05, 0.1) is 0 Å². The molecular weight excluding hydrogens is 217 g/mol. The molecule has 0 amide bonds. The Labute approximate surface area is 85.5 Å². The molecule has 0 saturated heterocycles. The maximum atomic E-state index is 12.3. The van der Waals surface area contributed by atoms with Crippen LogP contribution >= 0.6 is 23.2 Å². The molecule has 0 aliphatic carbocycles. The number of benzene rings is 1. The summed E-state index contributed by atoms with van der Waals surface area (Å²) in [5, 5.41) is 0.769. The van der Waals surface area contributed by atoms with Gasteiger partial charge in [-0.25, -0.2) is 8.78 Å². The molecule has 1 aromatic carbocycles. The molecule has 4 heteroatoms. The first-order valence-corrected chi connectivity index (χ1v) is 4.50. The van der Waals surface area contributed by atoms with Crippen LogP contribution in [0, 0.1) is 0 Å². The average Bonchev–Trinajstić information content (AvgIpc) is 2.01. The summed E-state index contributed by atoms with van der Waals surface area (Å²) in [6.45, 7) is 1.44. The van der Waals surface area contributed by atoms with Gasteiger partial charge in [-0.15, -0.1) is 0 Å². The first-order chi connectivity index (χ1) is 6.00. The Balaban J connectivity index is 3.01. The molecule has 1 aromatic rings. The minimum atomic E-state index is -2.39. The molecule has 1 atom stereocenters. The smallest absolute Gasteiger partial charge is 0.210 e. The van der Waals surface area contributed by atoms with E-state index in [9.17, 15) is 8.78 Å².